The van der Waals surface area contributed by atoms with Crippen molar-refractivity contribution >= 4 is 6.08 Å². The quantitative estimate of drug-likeness (QED) is 0.697. The topological polar surface area (TPSA) is 21.3 Å². The number of benzene rings is 1. The Bertz CT molecular complexity index is 308. The standard InChI is InChI=1S/C15H23NO/c1-3-11-16-13-14(2)17-12-7-10-15-8-5-4-6-9-15/h4-10,14,16H,3,11-13H2,1-2H3. The lowest BCUT2D eigenvalue weighted by molar-refractivity contribution is 0.0883. The highest BCUT2D eigenvalue weighted by Gasteiger charge is 1.98. The van der Waals surface area contributed by atoms with Gasteiger partial charge in [-0.15, -0.1) is 0 Å². The van der Waals surface area contributed by atoms with Crippen LogP contribution in [0.3, 0.4) is 0 Å². The molecule has 0 aliphatic heterocycles. The van der Waals surface area contributed by atoms with E-state index in [2.05, 4.69) is 43.4 Å². The molecule has 0 fully saturated rings. The minimum Gasteiger partial charge on any atom is -0.373 e. The Balaban J connectivity index is 2.12. The largest absolute Gasteiger partial charge is 0.373 e. The molecular weight excluding hydrogens is 210 g/mol. The lowest BCUT2D eigenvalue weighted by Crippen LogP contribution is -2.27. The summed E-state index contributed by atoms with van der Waals surface area (Å²) in [4.78, 5) is 0. The summed E-state index contributed by atoms with van der Waals surface area (Å²) in [7, 11) is 0. The highest BCUT2D eigenvalue weighted by atomic mass is 16.5. The van der Waals surface area contributed by atoms with Crippen molar-refractivity contribution in [1.82, 2.24) is 5.32 Å². The third-order valence-corrected chi connectivity index (χ3v) is 2.45. The van der Waals surface area contributed by atoms with Crippen LogP contribution in [0.1, 0.15) is 25.8 Å². The number of rotatable bonds is 8. The van der Waals surface area contributed by atoms with Gasteiger partial charge < -0.3 is 10.1 Å². The van der Waals surface area contributed by atoms with Crippen LogP contribution in [0.25, 0.3) is 6.08 Å². The minimum atomic E-state index is 0.266. The first kappa shape index (κ1) is 13.9. The van der Waals surface area contributed by atoms with Gasteiger partial charge in [0.2, 0.25) is 0 Å². The highest BCUT2D eigenvalue weighted by molar-refractivity contribution is 5.48. The van der Waals surface area contributed by atoms with Gasteiger partial charge in [0.1, 0.15) is 0 Å². The molecule has 0 aliphatic carbocycles. The van der Waals surface area contributed by atoms with Crippen LogP contribution in [-0.4, -0.2) is 25.8 Å². The molecule has 0 heterocycles. The van der Waals surface area contributed by atoms with Crippen LogP contribution < -0.4 is 5.32 Å². The first-order valence-electron chi connectivity index (χ1n) is 6.37. The van der Waals surface area contributed by atoms with E-state index < -0.39 is 0 Å². The Hall–Kier alpha value is -1.12. The van der Waals surface area contributed by atoms with Crippen molar-refractivity contribution < 1.29 is 4.74 Å². The van der Waals surface area contributed by atoms with Gasteiger partial charge in [0.25, 0.3) is 0 Å². The summed E-state index contributed by atoms with van der Waals surface area (Å²) in [5.41, 5.74) is 1.22. The Morgan fingerprint density at radius 1 is 1.29 bits per heavy atom. The Kier molecular flexibility index (Phi) is 7.35. The van der Waals surface area contributed by atoms with E-state index in [1.54, 1.807) is 0 Å². The Morgan fingerprint density at radius 3 is 2.76 bits per heavy atom. The van der Waals surface area contributed by atoms with Gasteiger partial charge in [0.05, 0.1) is 12.7 Å². The van der Waals surface area contributed by atoms with Gasteiger partial charge in [-0.1, -0.05) is 49.4 Å². The van der Waals surface area contributed by atoms with E-state index >= 15 is 0 Å². The molecule has 0 radical (unpaired) electrons. The van der Waals surface area contributed by atoms with Gasteiger partial charge in [-0.25, -0.2) is 0 Å². The van der Waals surface area contributed by atoms with Crippen LogP contribution in [-0.2, 0) is 4.74 Å². The molecule has 1 aromatic carbocycles. The minimum absolute atomic E-state index is 0.266. The summed E-state index contributed by atoms with van der Waals surface area (Å²) < 4.78 is 5.66. The second-order valence-electron chi connectivity index (χ2n) is 4.16. The number of hydrogen-bond acceptors (Lipinski definition) is 2. The van der Waals surface area contributed by atoms with Crippen LogP contribution in [0.2, 0.25) is 0 Å². The van der Waals surface area contributed by atoms with Crippen LogP contribution >= 0.6 is 0 Å². The summed E-state index contributed by atoms with van der Waals surface area (Å²) in [6.45, 7) is 6.92. The van der Waals surface area contributed by atoms with Gasteiger partial charge in [-0.2, -0.15) is 0 Å². The first-order chi connectivity index (χ1) is 8.33. The van der Waals surface area contributed by atoms with Crippen molar-refractivity contribution in [2.24, 2.45) is 0 Å². The summed E-state index contributed by atoms with van der Waals surface area (Å²) in [5.74, 6) is 0. The van der Waals surface area contributed by atoms with Gasteiger partial charge in [-0.05, 0) is 25.5 Å². The maximum absolute atomic E-state index is 5.66. The SMILES string of the molecule is CCCNCC(C)OCC=Cc1ccccc1. The molecule has 0 spiro atoms. The van der Waals surface area contributed by atoms with Gasteiger partial charge in [0.15, 0.2) is 0 Å². The molecule has 0 amide bonds. The summed E-state index contributed by atoms with van der Waals surface area (Å²) in [6.07, 6.45) is 5.58. The molecule has 1 unspecified atom stereocenters. The molecule has 1 rings (SSSR count). The van der Waals surface area contributed by atoms with E-state index in [1.807, 2.05) is 18.2 Å². The summed E-state index contributed by atoms with van der Waals surface area (Å²) in [5, 5.41) is 3.34. The van der Waals surface area contributed by atoms with Crippen molar-refractivity contribution in [3.05, 3.63) is 42.0 Å². The van der Waals surface area contributed by atoms with E-state index in [4.69, 9.17) is 4.74 Å². The molecular formula is C15H23NO. The third-order valence-electron chi connectivity index (χ3n) is 2.45. The second kappa shape index (κ2) is 8.97. The zero-order valence-corrected chi connectivity index (χ0v) is 10.9. The lowest BCUT2D eigenvalue weighted by Gasteiger charge is -2.11. The van der Waals surface area contributed by atoms with Crippen LogP contribution in [0.4, 0.5) is 0 Å². The van der Waals surface area contributed by atoms with Crippen molar-refractivity contribution in [1.29, 1.82) is 0 Å². The molecule has 1 atom stereocenters. The molecule has 1 aromatic rings. The summed E-state index contributed by atoms with van der Waals surface area (Å²) in [6, 6.07) is 10.3. The number of nitrogens with one attached hydrogen (secondary N) is 1. The zero-order chi connectivity index (χ0) is 12.3. The van der Waals surface area contributed by atoms with Crippen LogP contribution in [0.15, 0.2) is 36.4 Å². The normalized spacial score (nSPS) is 13.1. The maximum Gasteiger partial charge on any atom is 0.0675 e. The monoisotopic (exact) mass is 233 g/mol. The van der Waals surface area contributed by atoms with Crippen molar-refractivity contribution in [3.63, 3.8) is 0 Å². The average Bonchev–Trinajstić information content (AvgIpc) is 2.36. The molecule has 2 nitrogen and oxygen atoms in total. The molecule has 0 bridgehead atoms. The zero-order valence-electron chi connectivity index (χ0n) is 10.9. The van der Waals surface area contributed by atoms with Crippen molar-refractivity contribution in [2.75, 3.05) is 19.7 Å². The predicted molar refractivity (Wildman–Crippen MR) is 74.1 cm³/mol. The second-order valence-corrected chi connectivity index (χ2v) is 4.16. The lowest BCUT2D eigenvalue weighted by atomic mass is 10.2. The first-order valence-corrected chi connectivity index (χ1v) is 6.37. The molecule has 0 aromatic heterocycles. The highest BCUT2D eigenvalue weighted by Crippen LogP contribution is 2.01. The molecule has 17 heavy (non-hydrogen) atoms. The Labute approximate surface area is 105 Å². The van der Waals surface area contributed by atoms with E-state index in [9.17, 15) is 0 Å². The van der Waals surface area contributed by atoms with Crippen molar-refractivity contribution in [2.45, 2.75) is 26.4 Å². The molecule has 0 saturated carbocycles. The fourth-order valence-corrected chi connectivity index (χ4v) is 1.51. The summed E-state index contributed by atoms with van der Waals surface area (Å²) >= 11 is 0. The number of ether oxygens (including phenoxy) is 1. The maximum atomic E-state index is 5.66. The van der Waals surface area contributed by atoms with E-state index in [0.717, 1.165) is 13.1 Å². The molecule has 2 heteroatoms. The molecule has 1 N–H and O–H groups in total. The van der Waals surface area contributed by atoms with E-state index in [-0.39, 0.29) is 6.10 Å². The average molecular weight is 233 g/mol. The van der Waals surface area contributed by atoms with Gasteiger partial charge in [-0.3, -0.25) is 0 Å². The fraction of sp³-hybridized carbons (Fsp3) is 0.467. The predicted octanol–water partition coefficient (Wildman–Crippen LogP) is 3.10. The number of hydrogen-bond donors (Lipinski definition) is 1. The Morgan fingerprint density at radius 2 is 2.06 bits per heavy atom. The van der Waals surface area contributed by atoms with E-state index in [1.165, 1.54) is 12.0 Å². The molecule has 0 aliphatic rings. The smallest absolute Gasteiger partial charge is 0.0675 e. The van der Waals surface area contributed by atoms with Crippen LogP contribution in [0.5, 0.6) is 0 Å². The third kappa shape index (κ3) is 6.93. The molecule has 94 valence electrons. The van der Waals surface area contributed by atoms with Crippen LogP contribution in [0, 0.1) is 0 Å². The fourth-order valence-electron chi connectivity index (χ4n) is 1.51. The van der Waals surface area contributed by atoms with Gasteiger partial charge >= 0.3 is 0 Å². The molecule has 0 saturated heterocycles. The van der Waals surface area contributed by atoms with Crippen molar-refractivity contribution in [3.8, 4) is 0 Å². The van der Waals surface area contributed by atoms with E-state index in [0.29, 0.717) is 6.61 Å². The van der Waals surface area contributed by atoms with Gasteiger partial charge in [0, 0.05) is 6.54 Å².